The van der Waals surface area contributed by atoms with Crippen molar-refractivity contribution in [2.75, 3.05) is 23.8 Å². The number of rotatable bonds is 4. The Hall–Kier alpha value is -2.80. The van der Waals surface area contributed by atoms with E-state index in [9.17, 15) is 9.59 Å². The van der Waals surface area contributed by atoms with Crippen LogP contribution in [0, 0.1) is 0 Å². The Morgan fingerprint density at radius 2 is 2.17 bits per heavy atom. The van der Waals surface area contributed by atoms with Crippen molar-refractivity contribution < 1.29 is 19.1 Å². The third-order valence-corrected chi connectivity index (χ3v) is 3.25. The first kappa shape index (κ1) is 15.1. The Labute approximate surface area is 136 Å². The lowest BCUT2D eigenvalue weighted by Gasteiger charge is -2.17. The SMILES string of the molecule is O=C(COc1ccccc1Cl)Nc1ccc2c(n1)NC(=O)CO2. The Morgan fingerprint density at radius 1 is 1.35 bits per heavy atom. The lowest BCUT2D eigenvalue weighted by atomic mass is 10.3. The Bertz CT molecular complexity index is 766. The van der Waals surface area contributed by atoms with E-state index in [-0.39, 0.29) is 30.8 Å². The summed E-state index contributed by atoms with van der Waals surface area (Å²) in [6.07, 6.45) is 0. The van der Waals surface area contributed by atoms with Gasteiger partial charge in [0.05, 0.1) is 5.02 Å². The summed E-state index contributed by atoms with van der Waals surface area (Å²) in [6, 6.07) is 10.0. The zero-order valence-corrected chi connectivity index (χ0v) is 12.6. The summed E-state index contributed by atoms with van der Waals surface area (Å²) in [6.45, 7) is -0.266. The largest absolute Gasteiger partial charge is 0.482 e. The van der Waals surface area contributed by atoms with Crippen LogP contribution in [-0.2, 0) is 9.59 Å². The molecular formula is C15H12ClN3O4. The van der Waals surface area contributed by atoms with Crippen LogP contribution in [0.2, 0.25) is 5.02 Å². The van der Waals surface area contributed by atoms with Gasteiger partial charge in [-0.25, -0.2) is 4.98 Å². The van der Waals surface area contributed by atoms with Crippen LogP contribution in [0.4, 0.5) is 11.6 Å². The zero-order chi connectivity index (χ0) is 16.2. The maximum Gasteiger partial charge on any atom is 0.263 e. The molecule has 118 valence electrons. The number of carbonyl (C=O) groups excluding carboxylic acids is 2. The van der Waals surface area contributed by atoms with E-state index in [1.165, 1.54) is 0 Å². The molecule has 0 fully saturated rings. The number of ether oxygens (including phenoxy) is 2. The van der Waals surface area contributed by atoms with Crippen LogP contribution in [0.3, 0.4) is 0 Å². The first-order chi connectivity index (χ1) is 11.1. The van der Waals surface area contributed by atoms with Gasteiger partial charge in [0, 0.05) is 0 Å². The van der Waals surface area contributed by atoms with Gasteiger partial charge < -0.3 is 20.1 Å². The van der Waals surface area contributed by atoms with Gasteiger partial charge in [0.2, 0.25) is 0 Å². The van der Waals surface area contributed by atoms with Crippen molar-refractivity contribution in [1.29, 1.82) is 0 Å². The molecule has 7 nitrogen and oxygen atoms in total. The average molecular weight is 334 g/mol. The van der Waals surface area contributed by atoms with Crippen molar-refractivity contribution in [3.8, 4) is 11.5 Å². The molecule has 0 bridgehead atoms. The number of hydrogen-bond donors (Lipinski definition) is 2. The summed E-state index contributed by atoms with van der Waals surface area (Å²) < 4.78 is 10.5. The first-order valence-corrected chi connectivity index (χ1v) is 7.10. The van der Waals surface area contributed by atoms with Gasteiger partial charge in [-0.05, 0) is 24.3 Å². The van der Waals surface area contributed by atoms with Crippen molar-refractivity contribution in [2.45, 2.75) is 0 Å². The Kier molecular flexibility index (Phi) is 4.29. The monoisotopic (exact) mass is 333 g/mol. The molecule has 1 aromatic carbocycles. The third kappa shape index (κ3) is 3.70. The van der Waals surface area contributed by atoms with Gasteiger partial charge in [0.25, 0.3) is 11.8 Å². The molecule has 0 atom stereocenters. The number of pyridine rings is 1. The summed E-state index contributed by atoms with van der Waals surface area (Å²) in [5, 5.41) is 5.56. The summed E-state index contributed by atoms with van der Waals surface area (Å²) in [5.74, 6) is 0.725. The van der Waals surface area contributed by atoms with Crippen LogP contribution in [-0.4, -0.2) is 30.0 Å². The molecule has 3 rings (SSSR count). The van der Waals surface area contributed by atoms with Gasteiger partial charge in [0.15, 0.2) is 24.8 Å². The van der Waals surface area contributed by atoms with E-state index in [0.717, 1.165) is 0 Å². The molecule has 0 aliphatic carbocycles. The molecule has 2 aromatic rings. The third-order valence-electron chi connectivity index (χ3n) is 2.94. The summed E-state index contributed by atoms with van der Waals surface area (Å²) >= 11 is 5.94. The van der Waals surface area contributed by atoms with E-state index in [0.29, 0.717) is 16.5 Å². The Morgan fingerprint density at radius 3 is 3.00 bits per heavy atom. The second-order valence-corrected chi connectivity index (χ2v) is 5.05. The lowest BCUT2D eigenvalue weighted by Crippen LogP contribution is -2.27. The number of para-hydroxylation sites is 1. The fourth-order valence-corrected chi connectivity index (χ4v) is 2.11. The van der Waals surface area contributed by atoms with Gasteiger partial charge in [-0.15, -0.1) is 0 Å². The topological polar surface area (TPSA) is 89.5 Å². The number of hydrogen-bond acceptors (Lipinski definition) is 5. The van der Waals surface area contributed by atoms with Crippen LogP contribution in [0.15, 0.2) is 36.4 Å². The second-order valence-electron chi connectivity index (χ2n) is 4.65. The maximum absolute atomic E-state index is 11.9. The number of nitrogens with one attached hydrogen (secondary N) is 2. The van der Waals surface area contributed by atoms with E-state index >= 15 is 0 Å². The van der Waals surface area contributed by atoms with Gasteiger partial charge in [0.1, 0.15) is 11.6 Å². The molecule has 0 spiro atoms. The van der Waals surface area contributed by atoms with Crippen LogP contribution in [0.1, 0.15) is 0 Å². The average Bonchev–Trinajstić information content (AvgIpc) is 2.54. The molecule has 8 heteroatoms. The normalized spacial score (nSPS) is 12.7. The first-order valence-electron chi connectivity index (χ1n) is 6.73. The van der Waals surface area contributed by atoms with Crippen LogP contribution >= 0.6 is 11.6 Å². The standard InChI is InChI=1S/C15H12ClN3O4/c16-9-3-1-2-4-10(9)22-7-13(20)17-12-6-5-11-15(18-12)19-14(21)8-23-11/h1-6H,7-8H2,(H2,17,18,19,20,21). The summed E-state index contributed by atoms with van der Waals surface area (Å²) in [7, 11) is 0. The van der Waals surface area contributed by atoms with E-state index in [1.54, 1.807) is 36.4 Å². The molecule has 0 unspecified atom stereocenters. The molecule has 1 aromatic heterocycles. The van der Waals surface area contributed by atoms with Gasteiger partial charge in [-0.3, -0.25) is 9.59 Å². The smallest absolute Gasteiger partial charge is 0.263 e. The van der Waals surface area contributed by atoms with E-state index in [2.05, 4.69) is 15.6 Å². The number of benzene rings is 1. The van der Waals surface area contributed by atoms with E-state index in [4.69, 9.17) is 21.1 Å². The van der Waals surface area contributed by atoms with Gasteiger partial charge in [-0.1, -0.05) is 23.7 Å². The van der Waals surface area contributed by atoms with Crippen molar-refractivity contribution in [1.82, 2.24) is 4.98 Å². The highest BCUT2D eigenvalue weighted by Gasteiger charge is 2.18. The maximum atomic E-state index is 11.9. The quantitative estimate of drug-likeness (QED) is 0.894. The number of nitrogens with zero attached hydrogens (tertiary/aromatic N) is 1. The van der Waals surface area contributed by atoms with Gasteiger partial charge in [-0.2, -0.15) is 0 Å². The minimum Gasteiger partial charge on any atom is -0.482 e. The molecule has 0 saturated heterocycles. The van der Waals surface area contributed by atoms with E-state index < -0.39 is 5.91 Å². The predicted octanol–water partition coefficient (Wildman–Crippen LogP) is 2.08. The number of amides is 2. The minimum atomic E-state index is -0.402. The van der Waals surface area contributed by atoms with Crippen LogP contribution < -0.4 is 20.1 Å². The predicted molar refractivity (Wildman–Crippen MR) is 83.9 cm³/mol. The van der Waals surface area contributed by atoms with Crippen molar-refractivity contribution in [3.63, 3.8) is 0 Å². The number of aromatic nitrogens is 1. The molecule has 2 amide bonds. The molecule has 2 heterocycles. The summed E-state index contributed by atoms with van der Waals surface area (Å²) in [4.78, 5) is 27.3. The molecular weight excluding hydrogens is 322 g/mol. The molecule has 1 aliphatic heterocycles. The molecule has 2 N–H and O–H groups in total. The molecule has 0 radical (unpaired) electrons. The number of halogens is 1. The number of fused-ring (bicyclic) bond motifs is 1. The molecule has 1 aliphatic rings. The highest BCUT2D eigenvalue weighted by Crippen LogP contribution is 2.27. The number of carbonyl (C=O) groups is 2. The van der Waals surface area contributed by atoms with Crippen molar-refractivity contribution in [2.24, 2.45) is 0 Å². The van der Waals surface area contributed by atoms with E-state index in [1.807, 2.05) is 0 Å². The molecule has 23 heavy (non-hydrogen) atoms. The highest BCUT2D eigenvalue weighted by atomic mass is 35.5. The Balaban J connectivity index is 1.61. The fourth-order valence-electron chi connectivity index (χ4n) is 1.92. The number of anilines is 2. The molecule has 0 saturated carbocycles. The van der Waals surface area contributed by atoms with Crippen LogP contribution in [0.5, 0.6) is 11.5 Å². The second kappa shape index (κ2) is 6.53. The summed E-state index contributed by atoms with van der Waals surface area (Å²) in [5.41, 5.74) is 0. The highest BCUT2D eigenvalue weighted by molar-refractivity contribution is 6.32. The lowest BCUT2D eigenvalue weighted by molar-refractivity contribution is -0.119. The van der Waals surface area contributed by atoms with Crippen LogP contribution in [0.25, 0.3) is 0 Å². The van der Waals surface area contributed by atoms with Crippen molar-refractivity contribution >= 4 is 35.1 Å². The van der Waals surface area contributed by atoms with Gasteiger partial charge >= 0.3 is 0 Å². The van der Waals surface area contributed by atoms with Crippen molar-refractivity contribution in [3.05, 3.63) is 41.4 Å². The fraction of sp³-hybridized carbons (Fsp3) is 0.133. The zero-order valence-electron chi connectivity index (χ0n) is 11.8. The minimum absolute atomic E-state index is 0.0495.